The van der Waals surface area contributed by atoms with Crippen molar-refractivity contribution in [3.05, 3.63) is 61.7 Å². The van der Waals surface area contributed by atoms with Gasteiger partial charge >= 0.3 is 0 Å². The van der Waals surface area contributed by atoms with Gasteiger partial charge in [-0.05, 0) is 24.1 Å². The standard InChI is InChI=1S/C14H14Cl2N2O/c1-2-3-10-8-14(19)18-13(17-10)7-9-4-5-11(15)12(16)6-9/h4-6,8H,2-3,7H2,1H3,(H,17,18,19). The van der Waals surface area contributed by atoms with E-state index in [0.29, 0.717) is 22.3 Å². The van der Waals surface area contributed by atoms with Crippen LogP contribution in [0.25, 0.3) is 0 Å². The van der Waals surface area contributed by atoms with Crippen molar-refractivity contribution in [2.75, 3.05) is 0 Å². The van der Waals surface area contributed by atoms with E-state index in [1.807, 2.05) is 6.07 Å². The number of nitrogens with one attached hydrogen (secondary N) is 1. The summed E-state index contributed by atoms with van der Waals surface area (Å²) in [5.41, 5.74) is 1.67. The molecular weight excluding hydrogens is 283 g/mol. The van der Waals surface area contributed by atoms with Crippen molar-refractivity contribution in [2.24, 2.45) is 0 Å². The van der Waals surface area contributed by atoms with E-state index in [1.54, 1.807) is 18.2 Å². The van der Waals surface area contributed by atoms with E-state index in [4.69, 9.17) is 23.2 Å². The largest absolute Gasteiger partial charge is 0.310 e. The Morgan fingerprint density at radius 1 is 1.21 bits per heavy atom. The van der Waals surface area contributed by atoms with Crippen molar-refractivity contribution in [1.29, 1.82) is 0 Å². The molecule has 0 unspecified atom stereocenters. The lowest BCUT2D eigenvalue weighted by atomic mass is 10.1. The molecule has 0 fully saturated rings. The summed E-state index contributed by atoms with van der Waals surface area (Å²) in [6, 6.07) is 6.95. The molecule has 0 saturated heterocycles. The fourth-order valence-corrected chi connectivity index (χ4v) is 2.19. The fraction of sp³-hybridized carbons (Fsp3) is 0.286. The van der Waals surface area contributed by atoms with E-state index in [2.05, 4.69) is 16.9 Å². The first-order valence-electron chi connectivity index (χ1n) is 6.11. The van der Waals surface area contributed by atoms with E-state index in [1.165, 1.54) is 0 Å². The number of hydrogen-bond donors (Lipinski definition) is 1. The lowest BCUT2D eigenvalue weighted by Crippen LogP contribution is -2.13. The number of halogens is 2. The Balaban J connectivity index is 2.27. The van der Waals surface area contributed by atoms with Crippen LogP contribution in [0.2, 0.25) is 10.0 Å². The molecule has 5 heteroatoms. The number of aryl methyl sites for hydroxylation is 1. The summed E-state index contributed by atoms with van der Waals surface area (Å²) in [6.07, 6.45) is 2.30. The van der Waals surface area contributed by atoms with Crippen LogP contribution in [0.1, 0.15) is 30.4 Å². The van der Waals surface area contributed by atoms with E-state index in [-0.39, 0.29) is 5.56 Å². The zero-order valence-corrected chi connectivity index (χ0v) is 12.1. The Bertz CT molecular complexity index is 638. The number of H-pyrrole nitrogens is 1. The predicted molar refractivity (Wildman–Crippen MR) is 78.1 cm³/mol. The van der Waals surface area contributed by atoms with E-state index < -0.39 is 0 Å². The van der Waals surface area contributed by atoms with E-state index in [0.717, 1.165) is 24.1 Å². The summed E-state index contributed by atoms with van der Waals surface area (Å²) in [5.74, 6) is 0.648. The molecule has 1 aromatic heterocycles. The van der Waals surface area contributed by atoms with Gasteiger partial charge in [-0.25, -0.2) is 4.98 Å². The maximum absolute atomic E-state index is 11.6. The van der Waals surface area contributed by atoms with Crippen molar-refractivity contribution < 1.29 is 0 Å². The molecule has 0 amide bonds. The first-order valence-corrected chi connectivity index (χ1v) is 6.87. The van der Waals surface area contributed by atoms with Crippen LogP contribution in [0.5, 0.6) is 0 Å². The van der Waals surface area contributed by atoms with Crippen molar-refractivity contribution in [3.63, 3.8) is 0 Å². The highest BCUT2D eigenvalue weighted by atomic mass is 35.5. The second kappa shape index (κ2) is 6.22. The molecule has 2 aromatic rings. The van der Waals surface area contributed by atoms with Crippen molar-refractivity contribution >= 4 is 23.2 Å². The van der Waals surface area contributed by atoms with E-state index in [9.17, 15) is 4.79 Å². The lowest BCUT2D eigenvalue weighted by Gasteiger charge is -2.05. The zero-order valence-electron chi connectivity index (χ0n) is 10.5. The zero-order chi connectivity index (χ0) is 13.8. The highest BCUT2D eigenvalue weighted by Crippen LogP contribution is 2.23. The molecule has 1 N–H and O–H groups in total. The fourth-order valence-electron chi connectivity index (χ4n) is 1.87. The lowest BCUT2D eigenvalue weighted by molar-refractivity contribution is 0.832. The summed E-state index contributed by atoms with van der Waals surface area (Å²) in [7, 11) is 0. The molecule has 0 aliphatic carbocycles. The monoisotopic (exact) mass is 296 g/mol. The van der Waals surface area contributed by atoms with Crippen LogP contribution in [0.3, 0.4) is 0 Å². The molecule has 2 rings (SSSR count). The van der Waals surface area contributed by atoms with Crippen LogP contribution in [-0.4, -0.2) is 9.97 Å². The summed E-state index contributed by atoms with van der Waals surface area (Å²) in [4.78, 5) is 18.7. The Labute approximate surface area is 121 Å². The number of benzene rings is 1. The average molecular weight is 297 g/mol. The molecule has 0 saturated carbocycles. The first-order chi connectivity index (χ1) is 9.08. The van der Waals surface area contributed by atoms with Crippen LogP contribution in [-0.2, 0) is 12.8 Å². The molecule has 0 aliphatic rings. The van der Waals surface area contributed by atoms with Gasteiger partial charge in [-0.15, -0.1) is 0 Å². The third kappa shape index (κ3) is 3.82. The minimum atomic E-state index is -0.117. The molecule has 0 spiro atoms. The number of aromatic amines is 1. The number of nitrogens with zero attached hydrogens (tertiary/aromatic N) is 1. The summed E-state index contributed by atoms with van der Waals surface area (Å²) in [5, 5.41) is 1.03. The normalized spacial score (nSPS) is 10.7. The first kappa shape index (κ1) is 14.1. The van der Waals surface area contributed by atoms with Gasteiger partial charge in [-0.1, -0.05) is 42.6 Å². The van der Waals surface area contributed by atoms with Gasteiger partial charge in [0.2, 0.25) is 0 Å². The maximum atomic E-state index is 11.6. The van der Waals surface area contributed by atoms with Gasteiger partial charge in [0, 0.05) is 18.2 Å². The third-order valence-electron chi connectivity index (χ3n) is 2.71. The smallest absolute Gasteiger partial charge is 0.251 e. The van der Waals surface area contributed by atoms with Crippen LogP contribution < -0.4 is 5.56 Å². The minimum absolute atomic E-state index is 0.117. The SMILES string of the molecule is CCCc1cc(=O)[nH]c(Cc2ccc(Cl)c(Cl)c2)n1. The minimum Gasteiger partial charge on any atom is -0.310 e. The molecule has 19 heavy (non-hydrogen) atoms. The molecule has 1 aromatic carbocycles. The van der Waals surface area contributed by atoms with Crippen molar-refractivity contribution in [2.45, 2.75) is 26.2 Å². The highest BCUT2D eigenvalue weighted by molar-refractivity contribution is 6.42. The quantitative estimate of drug-likeness (QED) is 0.936. The maximum Gasteiger partial charge on any atom is 0.251 e. The average Bonchev–Trinajstić information content (AvgIpc) is 2.33. The number of rotatable bonds is 4. The van der Waals surface area contributed by atoms with Gasteiger partial charge < -0.3 is 4.98 Å². The molecule has 100 valence electrons. The molecule has 1 heterocycles. The van der Waals surface area contributed by atoms with Gasteiger partial charge in [-0.2, -0.15) is 0 Å². The Kier molecular flexibility index (Phi) is 4.61. The molecule has 3 nitrogen and oxygen atoms in total. The summed E-state index contributed by atoms with van der Waals surface area (Å²) in [6.45, 7) is 2.06. The number of aromatic nitrogens is 2. The van der Waals surface area contributed by atoms with Crippen LogP contribution in [0, 0.1) is 0 Å². The predicted octanol–water partition coefficient (Wildman–Crippen LogP) is 3.62. The molecule has 0 aliphatic heterocycles. The van der Waals surface area contributed by atoms with Gasteiger partial charge in [-0.3, -0.25) is 4.79 Å². The van der Waals surface area contributed by atoms with Crippen LogP contribution in [0.4, 0.5) is 0 Å². The molecule has 0 radical (unpaired) electrons. The van der Waals surface area contributed by atoms with E-state index >= 15 is 0 Å². The summed E-state index contributed by atoms with van der Waals surface area (Å²) >= 11 is 11.8. The highest BCUT2D eigenvalue weighted by Gasteiger charge is 2.04. The topological polar surface area (TPSA) is 45.8 Å². The Hall–Kier alpha value is -1.32. The molecule has 0 bridgehead atoms. The number of hydrogen-bond acceptors (Lipinski definition) is 2. The third-order valence-corrected chi connectivity index (χ3v) is 3.44. The van der Waals surface area contributed by atoms with Gasteiger partial charge in [0.25, 0.3) is 5.56 Å². The molecule has 0 atom stereocenters. The Morgan fingerprint density at radius 2 is 2.00 bits per heavy atom. The molecular formula is C14H14Cl2N2O. The van der Waals surface area contributed by atoms with Gasteiger partial charge in [0.1, 0.15) is 5.82 Å². The van der Waals surface area contributed by atoms with Gasteiger partial charge in [0.05, 0.1) is 10.0 Å². The second-order valence-electron chi connectivity index (χ2n) is 4.36. The van der Waals surface area contributed by atoms with Gasteiger partial charge in [0.15, 0.2) is 0 Å². The second-order valence-corrected chi connectivity index (χ2v) is 5.17. The summed E-state index contributed by atoms with van der Waals surface area (Å²) < 4.78 is 0. The van der Waals surface area contributed by atoms with Crippen LogP contribution in [0.15, 0.2) is 29.1 Å². The van der Waals surface area contributed by atoms with Crippen LogP contribution >= 0.6 is 23.2 Å². The Morgan fingerprint density at radius 3 is 2.68 bits per heavy atom. The van der Waals surface area contributed by atoms with Crippen molar-refractivity contribution in [3.8, 4) is 0 Å². The van der Waals surface area contributed by atoms with Crippen molar-refractivity contribution in [1.82, 2.24) is 9.97 Å².